The Morgan fingerprint density at radius 1 is 1.17 bits per heavy atom. The van der Waals surface area contributed by atoms with Crippen LogP contribution in [0.5, 0.6) is 5.75 Å². The van der Waals surface area contributed by atoms with Gasteiger partial charge < -0.3 is 9.64 Å². The maximum Gasteiger partial charge on any atom is 0.274 e. The number of amides is 1. The fourth-order valence-electron chi connectivity index (χ4n) is 2.81. The molecule has 6 heteroatoms. The lowest BCUT2D eigenvalue weighted by molar-refractivity contribution is 0.0614. The van der Waals surface area contributed by atoms with Gasteiger partial charge in [-0.3, -0.25) is 14.4 Å². The summed E-state index contributed by atoms with van der Waals surface area (Å²) in [6, 6.07) is 11.7. The highest BCUT2D eigenvalue weighted by molar-refractivity contribution is 5.92. The second kappa shape index (κ2) is 7.49. The lowest BCUT2D eigenvalue weighted by Gasteiger charge is -2.34. The Morgan fingerprint density at radius 3 is 2.50 bits per heavy atom. The van der Waals surface area contributed by atoms with Gasteiger partial charge in [0.2, 0.25) is 0 Å². The van der Waals surface area contributed by atoms with Crippen LogP contribution < -0.4 is 4.74 Å². The number of para-hydroxylation sites is 1. The van der Waals surface area contributed by atoms with Gasteiger partial charge in [-0.1, -0.05) is 18.2 Å². The maximum absolute atomic E-state index is 12.5. The number of nitrogens with zero attached hydrogens (tertiary/aromatic N) is 4. The third kappa shape index (κ3) is 3.94. The molecular formula is C18H24N4O2. The molecule has 1 saturated heterocycles. The normalized spacial score (nSPS) is 15.5. The minimum absolute atomic E-state index is 0.0267. The van der Waals surface area contributed by atoms with Crippen molar-refractivity contribution < 1.29 is 9.53 Å². The summed E-state index contributed by atoms with van der Waals surface area (Å²) in [6.45, 7) is 6.70. The molecule has 24 heavy (non-hydrogen) atoms. The first-order chi connectivity index (χ1) is 11.6. The van der Waals surface area contributed by atoms with Crippen LogP contribution in [0.15, 0.2) is 36.4 Å². The van der Waals surface area contributed by atoms with Gasteiger partial charge >= 0.3 is 0 Å². The highest BCUT2D eigenvalue weighted by Gasteiger charge is 2.23. The second-order valence-electron chi connectivity index (χ2n) is 6.09. The number of aryl methyl sites for hydroxylation is 2. The minimum Gasteiger partial charge on any atom is -0.492 e. The fraction of sp³-hybridized carbons (Fsp3) is 0.444. The van der Waals surface area contributed by atoms with Gasteiger partial charge in [-0.2, -0.15) is 5.10 Å². The van der Waals surface area contributed by atoms with Crippen LogP contribution in [-0.4, -0.2) is 64.8 Å². The number of aromatic nitrogens is 2. The molecule has 2 heterocycles. The fourth-order valence-corrected chi connectivity index (χ4v) is 2.81. The molecule has 1 fully saturated rings. The molecule has 2 aromatic rings. The molecule has 3 rings (SSSR count). The predicted octanol–water partition coefficient (Wildman–Crippen LogP) is 1.57. The summed E-state index contributed by atoms with van der Waals surface area (Å²) < 4.78 is 7.47. The van der Waals surface area contributed by atoms with Gasteiger partial charge in [0.25, 0.3) is 5.91 Å². The number of carbonyl (C=O) groups excluding carboxylic acids is 1. The topological polar surface area (TPSA) is 50.6 Å². The van der Waals surface area contributed by atoms with E-state index < -0.39 is 0 Å². The Kier molecular flexibility index (Phi) is 5.15. The van der Waals surface area contributed by atoms with E-state index in [-0.39, 0.29) is 5.91 Å². The number of benzene rings is 1. The minimum atomic E-state index is 0.0267. The molecule has 0 unspecified atom stereocenters. The van der Waals surface area contributed by atoms with Crippen LogP contribution in [-0.2, 0) is 7.05 Å². The zero-order valence-corrected chi connectivity index (χ0v) is 14.3. The van der Waals surface area contributed by atoms with Crippen LogP contribution in [0.3, 0.4) is 0 Å². The maximum atomic E-state index is 12.5. The Hall–Kier alpha value is -2.34. The standard InChI is InChI=1S/C18H24N4O2/c1-15-14-17(19-20(15)2)18(23)22-10-8-21(9-11-22)12-13-24-16-6-4-3-5-7-16/h3-7,14H,8-13H2,1-2H3. The van der Waals surface area contributed by atoms with E-state index in [9.17, 15) is 4.79 Å². The first kappa shape index (κ1) is 16.5. The number of piperazine rings is 1. The van der Waals surface area contributed by atoms with Crippen LogP contribution >= 0.6 is 0 Å². The largest absolute Gasteiger partial charge is 0.492 e. The Bertz CT molecular complexity index is 656. The van der Waals surface area contributed by atoms with Crippen LogP contribution in [0.2, 0.25) is 0 Å². The van der Waals surface area contributed by atoms with Gasteiger partial charge in [0.05, 0.1) is 0 Å². The SMILES string of the molecule is Cc1cc(C(=O)N2CCN(CCOc3ccccc3)CC2)nn1C. The van der Waals surface area contributed by atoms with Crippen molar-refractivity contribution >= 4 is 5.91 Å². The Labute approximate surface area is 142 Å². The van der Waals surface area contributed by atoms with Gasteiger partial charge in [0.1, 0.15) is 12.4 Å². The van der Waals surface area contributed by atoms with E-state index in [1.165, 1.54) is 0 Å². The van der Waals surface area contributed by atoms with Gasteiger partial charge in [0, 0.05) is 45.5 Å². The monoisotopic (exact) mass is 328 g/mol. The highest BCUT2D eigenvalue weighted by Crippen LogP contribution is 2.10. The number of ether oxygens (including phenoxy) is 1. The molecule has 0 bridgehead atoms. The molecule has 1 aromatic carbocycles. The summed E-state index contributed by atoms with van der Waals surface area (Å²) in [5, 5.41) is 4.28. The van der Waals surface area contributed by atoms with E-state index in [1.54, 1.807) is 4.68 Å². The van der Waals surface area contributed by atoms with Crippen LogP contribution in [0, 0.1) is 6.92 Å². The first-order valence-electron chi connectivity index (χ1n) is 8.33. The van der Waals surface area contributed by atoms with E-state index in [0.717, 1.165) is 44.2 Å². The molecule has 1 aromatic heterocycles. The molecule has 6 nitrogen and oxygen atoms in total. The van der Waals surface area contributed by atoms with Crippen molar-refractivity contribution in [3.63, 3.8) is 0 Å². The average Bonchev–Trinajstić information content (AvgIpc) is 2.95. The number of hydrogen-bond acceptors (Lipinski definition) is 4. The molecular weight excluding hydrogens is 304 g/mol. The molecule has 1 aliphatic heterocycles. The second-order valence-corrected chi connectivity index (χ2v) is 6.09. The van der Waals surface area contributed by atoms with E-state index in [1.807, 2.05) is 55.3 Å². The molecule has 1 amide bonds. The number of carbonyl (C=O) groups is 1. The lowest BCUT2D eigenvalue weighted by atomic mass is 10.2. The van der Waals surface area contributed by atoms with Gasteiger partial charge in [-0.15, -0.1) is 0 Å². The number of hydrogen-bond donors (Lipinski definition) is 0. The average molecular weight is 328 g/mol. The van der Waals surface area contributed by atoms with E-state index >= 15 is 0 Å². The molecule has 0 radical (unpaired) electrons. The smallest absolute Gasteiger partial charge is 0.274 e. The number of rotatable bonds is 5. The van der Waals surface area contributed by atoms with Crippen molar-refractivity contribution in [2.75, 3.05) is 39.3 Å². The summed E-state index contributed by atoms with van der Waals surface area (Å²) in [7, 11) is 1.86. The predicted molar refractivity (Wildman–Crippen MR) is 92.2 cm³/mol. The molecule has 1 aliphatic rings. The summed E-state index contributed by atoms with van der Waals surface area (Å²) in [6.07, 6.45) is 0. The van der Waals surface area contributed by atoms with Crippen molar-refractivity contribution in [2.45, 2.75) is 6.92 Å². The third-order valence-corrected chi connectivity index (χ3v) is 4.41. The summed E-state index contributed by atoms with van der Waals surface area (Å²) >= 11 is 0. The van der Waals surface area contributed by atoms with E-state index in [2.05, 4.69) is 10.00 Å². The van der Waals surface area contributed by atoms with Crippen molar-refractivity contribution in [3.05, 3.63) is 47.8 Å². The van der Waals surface area contributed by atoms with Crippen molar-refractivity contribution in [1.82, 2.24) is 19.6 Å². The van der Waals surface area contributed by atoms with Crippen molar-refractivity contribution in [2.24, 2.45) is 7.05 Å². The van der Waals surface area contributed by atoms with Crippen LogP contribution in [0.4, 0.5) is 0 Å². The lowest BCUT2D eigenvalue weighted by Crippen LogP contribution is -2.49. The first-order valence-corrected chi connectivity index (χ1v) is 8.33. The molecule has 0 saturated carbocycles. The zero-order valence-electron chi connectivity index (χ0n) is 14.3. The molecule has 128 valence electrons. The van der Waals surface area contributed by atoms with Gasteiger partial charge in [-0.05, 0) is 25.1 Å². The molecule has 0 atom stereocenters. The highest BCUT2D eigenvalue weighted by atomic mass is 16.5. The van der Waals surface area contributed by atoms with Gasteiger partial charge in [-0.25, -0.2) is 0 Å². The molecule has 0 aliphatic carbocycles. The van der Waals surface area contributed by atoms with Gasteiger partial charge in [0.15, 0.2) is 5.69 Å². The quantitative estimate of drug-likeness (QED) is 0.836. The van der Waals surface area contributed by atoms with Crippen molar-refractivity contribution in [1.29, 1.82) is 0 Å². The summed E-state index contributed by atoms with van der Waals surface area (Å²) in [5.41, 5.74) is 1.53. The molecule has 0 N–H and O–H groups in total. The Balaban J connectivity index is 1.43. The molecule has 0 spiro atoms. The summed E-state index contributed by atoms with van der Waals surface area (Å²) in [5.74, 6) is 0.927. The van der Waals surface area contributed by atoms with Crippen LogP contribution in [0.1, 0.15) is 16.2 Å². The summed E-state index contributed by atoms with van der Waals surface area (Å²) in [4.78, 5) is 16.7. The van der Waals surface area contributed by atoms with Crippen LogP contribution in [0.25, 0.3) is 0 Å². The zero-order chi connectivity index (χ0) is 16.9. The van der Waals surface area contributed by atoms with Crippen molar-refractivity contribution in [3.8, 4) is 5.75 Å². The van der Waals surface area contributed by atoms with E-state index in [0.29, 0.717) is 12.3 Å². The van der Waals surface area contributed by atoms with E-state index in [4.69, 9.17) is 4.74 Å². The third-order valence-electron chi connectivity index (χ3n) is 4.41. The Morgan fingerprint density at radius 2 is 1.88 bits per heavy atom.